The lowest BCUT2D eigenvalue weighted by atomic mass is 10.2. The maximum Gasteiger partial charge on any atom is 0.308 e. The second kappa shape index (κ2) is 9.32. The summed E-state index contributed by atoms with van der Waals surface area (Å²) in [7, 11) is 0. The van der Waals surface area contributed by atoms with E-state index < -0.39 is 23.2 Å². The third kappa shape index (κ3) is 5.12. The molecule has 2 N–H and O–H groups in total. The molecule has 0 aliphatic carbocycles. The largest absolute Gasteiger partial charge is 0.452 e. The fourth-order valence-corrected chi connectivity index (χ4v) is 4.77. The molecule has 9 heteroatoms. The van der Waals surface area contributed by atoms with Gasteiger partial charge in [0.25, 0.3) is 5.91 Å². The minimum atomic E-state index is -1.01. The second-order valence-corrected chi connectivity index (χ2v) is 8.92. The van der Waals surface area contributed by atoms with Crippen LogP contribution < -0.4 is 10.6 Å². The van der Waals surface area contributed by atoms with Gasteiger partial charge in [-0.15, -0.1) is 23.1 Å². The van der Waals surface area contributed by atoms with Crippen LogP contribution >= 0.6 is 23.1 Å². The van der Waals surface area contributed by atoms with Gasteiger partial charge in [0.05, 0.1) is 23.1 Å². The maximum atomic E-state index is 12.4. The number of benzene rings is 2. The van der Waals surface area contributed by atoms with E-state index in [4.69, 9.17) is 4.74 Å². The van der Waals surface area contributed by atoms with Crippen molar-refractivity contribution in [2.24, 2.45) is 0 Å². The van der Waals surface area contributed by atoms with Crippen molar-refractivity contribution < 1.29 is 19.1 Å². The van der Waals surface area contributed by atoms with Crippen molar-refractivity contribution >= 4 is 51.7 Å². The zero-order chi connectivity index (χ0) is 21.8. The minimum absolute atomic E-state index is 0.127. The number of nitrogens with zero attached hydrogens (tertiary/aromatic N) is 1. The second-order valence-electron chi connectivity index (χ2n) is 6.82. The summed E-state index contributed by atoms with van der Waals surface area (Å²) in [5, 5.41) is 7.12. The van der Waals surface area contributed by atoms with E-state index in [0.717, 1.165) is 21.8 Å². The smallest absolute Gasteiger partial charge is 0.308 e. The molecule has 3 aromatic rings. The molecule has 1 aliphatic heterocycles. The first-order valence-electron chi connectivity index (χ1n) is 9.57. The molecule has 2 atom stereocenters. The number of thiazole rings is 1. The third-order valence-electron chi connectivity index (χ3n) is 4.54. The van der Waals surface area contributed by atoms with E-state index in [2.05, 4.69) is 15.6 Å². The molecule has 0 bridgehead atoms. The first kappa shape index (κ1) is 21.1. The molecule has 0 fully saturated rings. The van der Waals surface area contributed by atoms with Gasteiger partial charge in [0.15, 0.2) is 11.2 Å². The summed E-state index contributed by atoms with van der Waals surface area (Å²) in [5.74, 6) is -1.35. The van der Waals surface area contributed by atoms with Crippen LogP contribution in [0.4, 0.5) is 10.8 Å². The Hall–Kier alpha value is -3.17. The fraction of sp³-hybridized carbons (Fsp3) is 0.182. The molecule has 2 unspecified atom stereocenters. The number of ether oxygens (including phenoxy) is 1. The highest BCUT2D eigenvalue weighted by Gasteiger charge is 2.30. The highest BCUT2D eigenvalue weighted by Crippen LogP contribution is 2.36. The molecule has 4 rings (SSSR count). The highest BCUT2D eigenvalue weighted by molar-refractivity contribution is 8.01. The third-order valence-corrected chi connectivity index (χ3v) is 6.57. The topological polar surface area (TPSA) is 97.4 Å². The molecule has 1 aliphatic rings. The van der Waals surface area contributed by atoms with Gasteiger partial charge in [-0.3, -0.25) is 19.7 Å². The van der Waals surface area contributed by atoms with Crippen LogP contribution in [-0.2, 0) is 19.1 Å². The van der Waals surface area contributed by atoms with E-state index in [1.54, 1.807) is 0 Å². The van der Waals surface area contributed by atoms with Gasteiger partial charge in [-0.2, -0.15) is 0 Å². The Balaban J connectivity index is 1.30. The minimum Gasteiger partial charge on any atom is -0.452 e. The zero-order valence-corrected chi connectivity index (χ0v) is 18.2. The van der Waals surface area contributed by atoms with Gasteiger partial charge in [0.1, 0.15) is 0 Å². The molecule has 2 aromatic carbocycles. The van der Waals surface area contributed by atoms with Crippen LogP contribution in [0.2, 0.25) is 0 Å². The van der Waals surface area contributed by atoms with Crippen LogP contribution in [0, 0.1) is 0 Å². The Morgan fingerprint density at radius 1 is 1.16 bits per heavy atom. The molecule has 0 spiro atoms. The van der Waals surface area contributed by atoms with E-state index in [1.807, 2.05) is 60.0 Å². The summed E-state index contributed by atoms with van der Waals surface area (Å²) in [6.07, 6.45) is -1.14. The summed E-state index contributed by atoms with van der Waals surface area (Å²) < 4.78 is 5.25. The number of carbonyl (C=O) groups is 3. The van der Waals surface area contributed by atoms with E-state index in [9.17, 15) is 14.4 Å². The molecule has 31 heavy (non-hydrogen) atoms. The molecule has 158 valence electrons. The number of anilines is 2. The number of amides is 2. The average Bonchev–Trinajstić information content (AvgIpc) is 3.23. The van der Waals surface area contributed by atoms with E-state index >= 15 is 0 Å². The molecule has 0 saturated heterocycles. The van der Waals surface area contributed by atoms with Crippen molar-refractivity contribution in [2.45, 2.75) is 29.6 Å². The van der Waals surface area contributed by atoms with Gasteiger partial charge in [-0.05, 0) is 19.1 Å². The van der Waals surface area contributed by atoms with Crippen LogP contribution in [0.1, 0.15) is 13.3 Å². The van der Waals surface area contributed by atoms with Gasteiger partial charge >= 0.3 is 5.97 Å². The Bertz CT molecular complexity index is 1120. The molecule has 7 nitrogen and oxygen atoms in total. The monoisotopic (exact) mass is 453 g/mol. The molecular weight excluding hydrogens is 434 g/mol. The highest BCUT2D eigenvalue weighted by atomic mass is 32.2. The van der Waals surface area contributed by atoms with Crippen molar-refractivity contribution in [3.63, 3.8) is 0 Å². The molecule has 1 aromatic heterocycles. The van der Waals surface area contributed by atoms with Crippen molar-refractivity contribution in [1.82, 2.24) is 4.98 Å². The normalized spacial score (nSPS) is 16.0. The van der Waals surface area contributed by atoms with E-state index in [-0.39, 0.29) is 12.3 Å². The molecular formula is C22H19N3O4S2. The number of hydrogen-bond acceptors (Lipinski definition) is 7. The Kier molecular flexibility index (Phi) is 6.34. The fourth-order valence-electron chi connectivity index (χ4n) is 2.96. The van der Waals surface area contributed by atoms with E-state index in [1.165, 1.54) is 30.0 Å². The van der Waals surface area contributed by atoms with Gasteiger partial charge in [0.2, 0.25) is 5.91 Å². The quantitative estimate of drug-likeness (QED) is 0.544. The summed E-state index contributed by atoms with van der Waals surface area (Å²) in [4.78, 5) is 42.3. The lowest BCUT2D eigenvalue weighted by Gasteiger charge is -2.23. The Labute approximate surface area is 187 Å². The number of rotatable bonds is 6. The number of hydrogen-bond donors (Lipinski definition) is 2. The standard InChI is InChI=1S/C22H19N3O4S2/c1-13(20(27)25-22-24-16(12-30-22)14-7-3-2-4-8-14)29-19(26)11-18-21(28)23-15-9-5-6-10-17(15)31-18/h2-10,12-13,18H,11H2,1H3,(H,23,28)(H,24,25,27). The predicted octanol–water partition coefficient (Wildman–Crippen LogP) is 4.18. The summed E-state index contributed by atoms with van der Waals surface area (Å²) in [5.41, 5.74) is 2.43. The molecule has 2 amide bonds. The first-order valence-corrected chi connectivity index (χ1v) is 11.3. The van der Waals surface area contributed by atoms with Crippen molar-refractivity contribution in [3.8, 4) is 11.3 Å². The summed E-state index contributed by atoms with van der Waals surface area (Å²) in [6, 6.07) is 17.0. The molecule has 0 saturated carbocycles. The van der Waals surface area contributed by atoms with Crippen molar-refractivity contribution in [3.05, 3.63) is 60.0 Å². The lowest BCUT2D eigenvalue weighted by molar-refractivity contribution is -0.153. The first-order chi connectivity index (χ1) is 15.0. The lowest BCUT2D eigenvalue weighted by Crippen LogP contribution is -2.34. The average molecular weight is 454 g/mol. The van der Waals surface area contributed by atoms with Crippen LogP contribution in [0.5, 0.6) is 0 Å². The summed E-state index contributed by atoms with van der Waals surface area (Å²) in [6.45, 7) is 1.49. The van der Waals surface area contributed by atoms with E-state index in [0.29, 0.717) is 5.13 Å². The van der Waals surface area contributed by atoms with Crippen molar-refractivity contribution in [1.29, 1.82) is 0 Å². The SMILES string of the molecule is CC(OC(=O)CC1Sc2ccccc2NC1=O)C(=O)Nc1nc(-c2ccccc2)cs1. The Morgan fingerprint density at radius 2 is 1.90 bits per heavy atom. The van der Waals surface area contributed by atoms with Gasteiger partial charge in [0, 0.05) is 15.8 Å². The summed E-state index contributed by atoms with van der Waals surface area (Å²) >= 11 is 2.60. The number of esters is 1. The number of fused-ring (bicyclic) bond motifs is 1. The number of thioether (sulfide) groups is 1. The zero-order valence-electron chi connectivity index (χ0n) is 16.5. The number of aromatic nitrogens is 1. The van der Waals surface area contributed by atoms with Crippen LogP contribution in [0.15, 0.2) is 64.9 Å². The number of para-hydroxylation sites is 1. The molecule has 2 heterocycles. The van der Waals surface area contributed by atoms with Gasteiger partial charge < -0.3 is 10.1 Å². The maximum absolute atomic E-state index is 12.4. The predicted molar refractivity (Wildman–Crippen MR) is 121 cm³/mol. The van der Waals surface area contributed by atoms with Crippen LogP contribution in [0.3, 0.4) is 0 Å². The van der Waals surface area contributed by atoms with Crippen LogP contribution in [-0.4, -0.2) is 34.1 Å². The van der Waals surface area contributed by atoms with Crippen molar-refractivity contribution in [2.75, 3.05) is 10.6 Å². The Morgan fingerprint density at radius 3 is 2.71 bits per heavy atom. The van der Waals surface area contributed by atoms with Crippen LogP contribution in [0.25, 0.3) is 11.3 Å². The number of carbonyl (C=O) groups excluding carboxylic acids is 3. The van der Waals surface area contributed by atoms with Gasteiger partial charge in [-0.1, -0.05) is 42.5 Å². The molecule has 0 radical (unpaired) electrons. The number of nitrogens with one attached hydrogen (secondary N) is 2. The van der Waals surface area contributed by atoms with Gasteiger partial charge in [-0.25, -0.2) is 4.98 Å².